The number of nitrogens with zero attached hydrogens (tertiary/aromatic N) is 1. The normalized spacial score (nSPS) is 13.0. The van der Waals surface area contributed by atoms with Crippen molar-refractivity contribution in [2.75, 3.05) is 0 Å². The second-order valence-corrected chi connectivity index (χ2v) is 5.51. The summed E-state index contributed by atoms with van der Waals surface area (Å²) in [7, 11) is -4.25. The third kappa shape index (κ3) is 3.55. The maximum Gasteiger partial charge on any atom is 0.272 e. The fourth-order valence-corrected chi connectivity index (χ4v) is 2.52. The van der Waals surface area contributed by atoms with Crippen molar-refractivity contribution in [3.05, 3.63) is 34.1 Å². The van der Waals surface area contributed by atoms with Crippen LogP contribution < -0.4 is 4.72 Å². The lowest BCUT2D eigenvalue weighted by atomic mass is 10.3. The third-order valence-electron chi connectivity index (χ3n) is 2.36. The molecule has 0 spiro atoms. The maximum atomic E-state index is 13.5. The highest BCUT2D eigenvalue weighted by molar-refractivity contribution is 7.89. The zero-order chi connectivity index (χ0) is 14.8. The highest BCUT2D eigenvalue weighted by Crippen LogP contribution is 2.20. The topological polar surface area (TPSA) is 106 Å². The molecule has 0 bridgehead atoms. The van der Waals surface area contributed by atoms with Gasteiger partial charge < -0.3 is 0 Å². The third-order valence-corrected chi connectivity index (χ3v) is 3.93. The summed E-state index contributed by atoms with van der Waals surface area (Å²) in [5.74, 6) is -1.69. The second-order valence-electron chi connectivity index (χ2n) is 3.83. The van der Waals surface area contributed by atoms with Crippen molar-refractivity contribution in [1.29, 1.82) is 0 Å². The van der Waals surface area contributed by atoms with E-state index in [0.717, 1.165) is 12.1 Å². The number of Topliss-reactive ketones (excluding diaryl/α,β-unsaturated/α-hetero) is 1. The molecule has 0 heterocycles. The minimum absolute atomic E-state index is 0.439. The number of benzene rings is 1. The van der Waals surface area contributed by atoms with E-state index in [1.807, 2.05) is 4.72 Å². The molecule has 0 aliphatic heterocycles. The molecule has 7 nitrogen and oxygen atoms in total. The molecule has 104 valence electrons. The molecule has 0 aliphatic carbocycles. The van der Waals surface area contributed by atoms with Crippen LogP contribution in [-0.2, 0) is 14.8 Å². The lowest BCUT2D eigenvalue weighted by Gasteiger charge is -2.11. The van der Waals surface area contributed by atoms with Crippen molar-refractivity contribution >= 4 is 21.5 Å². The van der Waals surface area contributed by atoms with Gasteiger partial charge in [-0.15, -0.1) is 0 Å². The van der Waals surface area contributed by atoms with E-state index in [1.54, 1.807) is 0 Å². The Bertz CT molecular complexity index is 629. The molecule has 0 saturated carbocycles. The van der Waals surface area contributed by atoms with Crippen LogP contribution in [0.15, 0.2) is 23.1 Å². The van der Waals surface area contributed by atoms with Crippen LogP contribution in [0, 0.1) is 15.9 Å². The average molecular weight is 290 g/mol. The van der Waals surface area contributed by atoms with Gasteiger partial charge in [-0.25, -0.2) is 17.5 Å². The molecule has 1 rings (SSSR count). The number of hydrogen-bond acceptors (Lipinski definition) is 5. The molecule has 0 fully saturated rings. The lowest BCUT2D eigenvalue weighted by Crippen LogP contribution is -2.37. The van der Waals surface area contributed by atoms with E-state index in [2.05, 4.69) is 0 Å². The monoisotopic (exact) mass is 290 g/mol. The predicted octanol–water partition coefficient (Wildman–Crippen LogP) is 0.990. The molecular weight excluding hydrogens is 279 g/mol. The molecule has 0 aliphatic rings. The summed E-state index contributed by atoms with van der Waals surface area (Å²) in [6.07, 6.45) is 0. The van der Waals surface area contributed by atoms with Gasteiger partial charge >= 0.3 is 0 Å². The van der Waals surface area contributed by atoms with Crippen LogP contribution in [-0.4, -0.2) is 25.2 Å². The Morgan fingerprint density at radius 1 is 1.47 bits per heavy atom. The van der Waals surface area contributed by atoms with Crippen molar-refractivity contribution in [2.45, 2.75) is 24.8 Å². The first-order valence-electron chi connectivity index (χ1n) is 5.12. The average Bonchev–Trinajstić information content (AvgIpc) is 2.27. The minimum atomic E-state index is -4.25. The van der Waals surface area contributed by atoms with Crippen LogP contribution in [0.1, 0.15) is 13.8 Å². The van der Waals surface area contributed by atoms with Crippen molar-refractivity contribution in [3.8, 4) is 0 Å². The lowest BCUT2D eigenvalue weighted by molar-refractivity contribution is -0.385. The molecule has 1 aromatic rings. The summed E-state index contributed by atoms with van der Waals surface area (Å²) in [6, 6.07) is 1.14. The van der Waals surface area contributed by atoms with Crippen molar-refractivity contribution in [1.82, 2.24) is 4.72 Å². The molecule has 0 aromatic heterocycles. The number of carbonyl (C=O) groups is 1. The standard InChI is InChI=1S/C10H11FN2O5S/c1-6(7(2)14)12-19(17,18)10-4-3-8(13(15)16)5-9(10)11/h3-6,12H,1-2H3. The number of ketones is 1. The Morgan fingerprint density at radius 3 is 2.47 bits per heavy atom. The van der Waals surface area contributed by atoms with Gasteiger partial charge in [0.2, 0.25) is 10.0 Å². The van der Waals surface area contributed by atoms with E-state index in [9.17, 15) is 27.7 Å². The summed E-state index contributed by atoms with van der Waals surface area (Å²) in [5, 5.41) is 10.4. The number of sulfonamides is 1. The van der Waals surface area contributed by atoms with Crippen LogP contribution >= 0.6 is 0 Å². The summed E-state index contributed by atoms with van der Waals surface area (Å²) >= 11 is 0. The Hall–Kier alpha value is -1.87. The van der Waals surface area contributed by atoms with Crippen LogP contribution in [0.4, 0.5) is 10.1 Å². The number of non-ortho nitro benzene ring substituents is 1. The van der Waals surface area contributed by atoms with E-state index >= 15 is 0 Å². The predicted molar refractivity (Wildman–Crippen MR) is 63.5 cm³/mol. The number of nitro benzene ring substituents is 1. The molecular formula is C10H11FN2O5S. The Kier molecular flexibility index (Phi) is 4.32. The number of rotatable bonds is 5. The molecule has 0 saturated heterocycles. The molecule has 0 radical (unpaired) electrons. The number of hydrogen-bond donors (Lipinski definition) is 1. The molecule has 1 atom stereocenters. The van der Waals surface area contributed by atoms with Crippen LogP contribution in [0.2, 0.25) is 0 Å². The van der Waals surface area contributed by atoms with Crippen LogP contribution in [0.5, 0.6) is 0 Å². The minimum Gasteiger partial charge on any atom is -0.298 e. The molecule has 0 amide bonds. The Labute approximate surface area is 108 Å². The first-order valence-corrected chi connectivity index (χ1v) is 6.60. The summed E-state index contributed by atoms with van der Waals surface area (Å²) < 4.78 is 39.1. The van der Waals surface area contributed by atoms with E-state index in [4.69, 9.17) is 0 Å². The maximum absolute atomic E-state index is 13.5. The van der Waals surface area contributed by atoms with Gasteiger partial charge in [-0.2, -0.15) is 0 Å². The Morgan fingerprint density at radius 2 is 2.05 bits per heavy atom. The van der Waals surface area contributed by atoms with E-state index < -0.39 is 43.2 Å². The SMILES string of the molecule is CC(=O)C(C)NS(=O)(=O)c1ccc([N+](=O)[O-])cc1F. The first-order chi connectivity index (χ1) is 8.65. The van der Waals surface area contributed by atoms with Crippen molar-refractivity contribution in [3.63, 3.8) is 0 Å². The van der Waals surface area contributed by atoms with Gasteiger partial charge in [0.05, 0.1) is 17.0 Å². The number of nitro groups is 1. The van der Waals surface area contributed by atoms with Gasteiger partial charge in [-0.3, -0.25) is 14.9 Å². The highest BCUT2D eigenvalue weighted by Gasteiger charge is 2.24. The molecule has 9 heteroatoms. The van der Waals surface area contributed by atoms with Gasteiger partial charge in [0.1, 0.15) is 16.5 Å². The van der Waals surface area contributed by atoms with Gasteiger partial charge in [0.25, 0.3) is 5.69 Å². The molecule has 1 N–H and O–H groups in total. The number of carbonyl (C=O) groups excluding carboxylic acids is 1. The highest BCUT2D eigenvalue weighted by atomic mass is 32.2. The largest absolute Gasteiger partial charge is 0.298 e. The van der Waals surface area contributed by atoms with Gasteiger partial charge in [-0.1, -0.05) is 0 Å². The summed E-state index contributed by atoms with van der Waals surface area (Å²) in [5.41, 5.74) is -0.559. The van der Waals surface area contributed by atoms with Gasteiger partial charge in [0.15, 0.2) is 0 Å². The number of halogens is 1. The molecule has 1 aromatic carbocycles. The van der Waals surface area contributed by atoms with Gasteiger partial charge in [-0.05, 0) is 19.9 Å². The fraction of sp³-hybridized carbons (Fsp3) is 0.300. The van der Waals surface area contributed by atoms with Gasteiger partial charge in [0, 0.05) is 6.07 Å². The summed E-state index contributed by atoms with van der Waals surface area (Å²) in [6.45, 7) is 2.49. The van der Waals surface area contributed by atoms with E-state index in [0.29, 0.717) is 6.07 Å². The fourth-order valence-electron chi connectivity index (χ4n) is 1.20. The van der Waals surface area contributed by atoms with E-state index in [-0.39, 0.29) is 0 Å². The smallest absolute Gasteiger partial charge is 0.272 e. The quantitative estimate of drug-likeness (QED) is 0.643. The summed E-state index contributed by atoms with van der Waals surface area (Å²) in [4.78, 5) is 19.8. The zero-order valence-electron chi connectivity index (χ0n) is 10.1. The number of nitrogens with one attached hydrogen (secondary N) is 1. The van der Waals surface area contributed by atoms with Crippen molar-refractivity contribution in [2.24, 2.45) is 0 Å². The van der Waals surface area contributed by atoms with Crippen molar-refractivity contribution < 1.29 is 22.5 Å². The zero-order valence-corrected chi connectivity index (χ0v) is 10.9. The second kappa shape index (κ2) is 5.41. The van der Waals surface area contributed by atoms with E-state index in [1.165, 1.54) is 13.8 Å². The van der Waals surface area contributed by atoms with Crippen LogP contribution in [0.3, 0.4) is 0 Å². The molecule has 1 unspecified atom stereocenters. The first kappa shape index (κ1) is 15.2. The Balaban J connectivity index is 3.16. The van der Waals surface area contributed by atoms with Crippen LogP contribution in [0.25, 0.3) is 0 Å². The molecule has 19 heavy (non-hydrogen) atoms.